The van der Waals surface area contributed by atoms with Crippen LogP contribution in [0.4, 0.5) is 5.69 Å². The predicted molar refractivity (Wildman–Crippen MR) is 87.7 cm³/mol. The fraction of sp³-hybridized carbons (Fsp3) is 0.294. The molecule has 2 rings (SSSR count). The summed E-state index contributed by atoms with van der Waals surface area (Å²) in [5.74, 6) is 1.91. The van der Waals surface area contributed by atoms with Gasteiger partial charge >= 0.3 is 0 Å². The van der Waals surface area contributed by atoms with Gasteiger partial charge in [0.15, 0.2) is 0 Å². The number of benzene rings is 2. The van der Waals surface area contributed by atoms with Gasteiger partial charge in [-0.05, 0) is 61.7 Å². The van der Waals surface area contributed by atoms with Crippen LogP contribution in [0.1, 0.15) is 16.7 Å². The van der Waals surface area contributed by atoms with Gasteiger partial charge < -0.3 is 10.5 Å². The second kappa shape index (κ2) is 6.71. The summed E-state index contributed by atoms with van der Waals surface area (Å²) in [6.45, 7) is 6.90. The van der Waals surface area contributed by atoms with Crippen molar-refractivity contribution in [2.45, 2.75) is 25.7 Å². The SMILES string of the molecule is Cc1ccc(C)c(OCCSc2ccc(N)c(C)c2)c1. The minimum absolute atomic E-state index is 0.707. The molecule has 0 aliphatic carbocycles. The Morgan fingerprint density at radius 2 is 1.80 bits per heavy atom. The molecule has 0 saturated carbocycles. The molecule has 2 aromatic carbocycles. The Balaban J connectivity index is 1.84. The van der Waals surface area contributed by atoms with E-state index >= 15 is 0 Å². The molecule has 2 N–H and O–H groups in total. The molecule has 0 aliphatic rings. The van der Waals surface area contributed by atoms with Crippen LogP contribution in [0.2, 0.25) is 0 Å². The molecule has 0 saturated heterocycles. The summed E-state index contributed by atoms with van der Waals surface area (Å²) in [6, 6.07) is 12.4. The van der Waals surface area contributed by atoms with Gasteiger partial charge in [0.2, 0.25) is 0 Å². The summed E-state index contributed by atoms with van der Waals surface area (Å²) in [5, 5.41) is 0. The third kappa shape index (κ3) is 3.94. The molecule has 2 aromatic rings. The summed E-state index contributed by atoms with van der Waals surface area (Å²) in [4.78, 5) is 1.24. The number of hydrogen-bond donors (Lipinski definition) is 1. The van der Waals surface area contributed by atoms with Crippen LogP contribution >= 0.6 is 11.8 Å². The lowest BCUT2D eigenvalue weighted by Gasteiger charge is -2.10. The van der Waals surface area contributed by atoms with Crippen LogP contribution in [0.3, 0.4) is 0 Å². The summed E-state index contributed by atoms with van der Waals surface area (Å²) >= 11 is 1.79. The van der Waals surface area contributed by atoms with Gasteiger partial charge in [0.25, 0.3) is 0 Å². The van der Waals surface area contributed by atoms with E-state index in [0.717, 1.165) is 22.8 Å². The van der Waals surface area contributed by atoms with Crippen molar-refractivity contribution in [3.05, 3.63) is 53.1 Å². The first-order chi connectivity index (χ1) is 9.56. The van der Waals surface area contributed by atoms with Crippen LogP contribution in [-0.2, 0) is 0 Å². The van der Waals surface area contributed by atoms with E-state index in [4.69, 9.17) is 10.5 Å². The Labute approximate surface area is 125 Å². The monoisotopic (exact) mass is 287 g/mol. The number of anilines is 1. The maximum Gasteiger partial charge on any atom is 0.122 e. The average Bonchev–Trinajstić information content (AvgIpc) is 2.42. The van der Waals surface area contributed by atoms with Gasteiger partial charge in [0.1, 0.15) is 5.75 Å². The number of nitrogen functional groups attached to an aromatic ring is 1. The summed E-state index contributed by atoms with van der Waals surface area (Å²) in [7, 11) is 0. The number of rotatable bonds is 5. The lowest BCUT2D eigenvalue weighted by atomic mass is 10.1. The molecule has 0 radical (unpaired) electrons. The molecule has 0 bridgehead atoms. The van der Waals surface area contributed by atoms with Gasteiger partial charge in [-0.15, -0.1) is 11.8 Å². The van der Waals surface area contributed by atoms with Gasteiger partial charge in [-0.25, -0.2) is 0 Å². The Kier molecular flexibility index (Phi) is 4.96. The molecule has 0 heterocycles. The van der Waals surface area contributed by atoms with E-state index in [9.17, 15) is 0 Å². The average molecular weight is 287 g/mol. The molecule has 0 unspecified atom stereocenters. The topological polar surface area (TPSA) is 35.2 Å². The van der Waals surface area contributed by atoms with E-state index in [1.165, 1.54) is 16.0 Å². The molecule has 0 aromatic heterocycles. The van der Waals surface area contributed by atoms with Gasteiger partial charge in [-0.3, -0.25) is 0 Å². The minimum atomic E-state index is 0.707. The van der Waals surface area contributed by atoms with Crippen molar-refractivity contribution < 1.29 is 4.74 Å². The zero-order valence-corrected chi connectivity index (χ0v) is 13.1. The van der Waals surface area contributed by atoms with Crippen LogP contribution in [0, 0.1) is 20.8 Å². The van der Waals surface area contributed by atoms with E-state index in [-0.39, 0.29) is 0 Å². The molecular formula is C17H21NOS. The van der Waals surface area contributed by atoms with Crippen molar-refractivity contribution >= 4 is 17.4 Å². The lowest BCUT2D eigenvalue weighted by Crippen LogP contribution is -2.01. The number of nitrogens with two attached hydrogens (primary N) is 1. The molecule has 0 atom stereocenters. The highest BCUT2D eigenvalue weighted by atomic mass is 32.2. The van der Waals surface area contributed by atoms with E-state index in [1.807, 2.05) is 13.0 Å². The van der Waals surface area contributed by atoms with Crippen LogP contribution < -0.4 is 10.5 Å². The van der Waals surface area contributed by atoms with Crippen molar-refractivity contribution in [3.63, 3.8) is 0 Å². The van der Waals surface area contributed by atoms with Crippen LogP contribution in [0.25, 0.3) is 0 Å². The van der Waals surface area contributed by atoms with Crippen LogP contribution in [0.5, 0.6) is 5.75 Å². The standard InChI is InChI=1S/C17H21NOS/c1-12-4-5-13(2)17(10-12)19-8-9-20-15-6-7-16(18)14(3)11-15/h4-7,10-11H,8-9,18H2,1-3H3. The van der Waals surface area contributed by atoms with Crippen molar-refractivity contribution in [1.82, 2.24) is 0 Å². The Bertz CT molecular complexity index is 596. The molecule has 0 spiro atoms. The molecule has 0 aliphatic heterocycles. The molecule has 0 fully saturated rings. The second-order valence-electron chi connectivity index (χ2n) is 4.98. The fourth-order valence-electron chi connectivity index (χ4n) is 1.91. The normalized spacial score (nSPS) is 10.6. The smallest absolute Gasteiger partial charge is 0.122 e. The highest BCUT2D eigenvalue weighted by molar-refractivity contribution is 7.99. The third-order valence-electron chi connectivity index (χ3n) is 3.19. The van der Waals surface area contributed by atoms with Crippen molar-refractivity contribution in [2.75, 3.05) is 18.1 Å². The van der Waals surface area contributed by atoms with E-state index in [1.54, 1.807) is 11.8 Å². The maximum absolute atomic E-state index is 5.85. The summed E-state index contributed by atoms with van der Waals surface area (Å²) < 4.78 is 5.85. The summed E-state index contributed by atoms with van der Waals surface area (Å²) in [6.07, 6.45) is 0. The first-order valence-corrected chi connectivity index (χ1v) is 7.74. The lowest BCUT2D eigenvalue weighted by molar-refractivity contribution is 0.341. The largest absolute Gasteiger partial charge is 0.492 e. The zero-order valence-electron chi connectivity index (χ0n) is 12.3. The van der Waals surface area contributed by atoms with Crippen LogP contribution in [-0.4, -0.2) is 12.4 Å². The van der Waals surface area contributed by atoms with Gasteiger partial charge in [-0.2, -0.15) is 0 Å². The highest BCUT2D eigenvalue weighted by Crippen LogP contribution is 2.23. The number of hydrogen-bond acceptors (Lipinski definition) is 3. The van der Waals surface area contributed by atoms with Gasteiger partial charge in [0, 0.05) is 16.3 Å². The van der Waals surface area contributed by atoms with Gasteiger partial charge in [0.05, 0.1) is 6.61 Å². The van der Waals surface area contributed by atoms with Crippen molar-refractivity contribution in [3.8, 4) is 5.75 Å². The fourth-order valence-corrected chi connectivity index (χ4v) is 2.74. The number of ether oxygens (including phenoxy) is 1. The summed E-state index contributed by atoms with van der Waals surface area (Å²) in [5.41, 5.74) is 10.2. The predicted octanol–water partition coefficient (Wildman–Crippen LogP) is 4.37. The highest BCUT2D eigenvalue weighted by Gasteiger charge is 2.01. The van der Waals surface area contributed by atoms with Gasteiger partial charge in [-0.1, -0.05) is 12.1 Å². The van der Waals surface area contributed by atoms with E-state index in [2.05, 4.69) is 44.2 Å². The number of aryl methyl sites for hydroxylation is 3. The zero-order chi connectivity index (χ0) is 14.5. The minimum Gasteiger partial charge on any atom is -0.492 e. The quantitative estimate of drug-likeness (QED) is 0.504. The molecule has 2 nitrogen and oxygen atoms in total. The van der Waals surface area contributed by atoms with Crippen molar-refractivity contribution in [2.24, 2.45) is 0 Å². The molecule has 20 heavy (non-hydrogen) atoms. The first-order valence-electron chi connectivity index (χ1n) is 6.75. The van der Waals surface area contributed by atoms with Crippen molar-refractivity contribution in [1.29, 1.82) is 0 Å². The van der Waals surface area contributed by atoms with Crippen LogP contribution in [0.15, 0.2) is 41.3 Å². The molecular weight excluding hydrogens is 266 g/mol. The number of thioether (sulfide) groups is 1. The second-order valence-corrected chi connectivity index (χ2v) is 6.15. The third-order valence-corrected chi connectivity index (χ3v) is 4.15. The Morgan fingerprint density at radius 1 is 1.00 bits per heavy atom. The Morgan fingerprint density at radius 3 is 2.55 bits per heavy atom. The first kappa shape index (κ1) is 14.8. The Hall–Kier alpha value is -1.61. The molecule has 3 heteroatoms. The van der Waals surface area contributed by atoms with E-state index in [0.29, 0.717) is 6.61 Å². The molecule has 0 amide bonds. The molecule has 106 valence electrons. The maximum atomic E-state index is 5.85. The van der Waals surface area contributed by atoms with E-state index < -0.39 is 0 Å².